The monoisotopic (exact) mass is 356 g/mol. The summed E-state index contributed by atoms with van der Waals surface area (Å²) in [5, 5.41) is 23.9. The summed E-state index contributed by atoms with van der Waals surface area (Å²) >= 11 is 1.93. The maximum Gasteiger partial charge on any atom is 2.00 e. The first-order valence-electron chi connectivity index (χ1n) is 4.68. The van der Waals surface area contributed by atoms with Crippen LogP contribution in [0.15, 0.2) is 0 Å². The van der Waals surface area contributed by atoms with Crippen LogP contribution in [0.4, 0.5) is 9.59 Å². The average Bonchev–Trinajstić information content (AvgIpc) is 2.88. The molecular weight excluding hydrogens is 350 g/mol. The Morgan fingerprint density at radius 2 is 1.26 bits per heavy atom. The second-order valence-corrected chi connectivity index (χ2v) is 5.21. The Labute approximate surface area is 129 Å². The van der Waals surface area contributed by atoms with Gasteiger partial charge in [0.1, 0.15) is 0 Å². The van der Waals surface area contributed by atoms with Crippen molar-refractivity contribution in [2.75, 3.05) is 11.5 Å². The van der Waals surface area contributed by atoms with Gasteiger partial charge in [-0.15, -0.1) is 0 Å². The molecule has 2 saturated heterocycles. The van der Waals surface area contributed by atoms with Gasteiger partial charge >= 0.3 is 19.5 Å². The Hall–Kier alpha value is -0.797. The van der Waals surface area contributed by atoms with Crippen molar-refractivity contribution in [3.63, 3.8) is 0 Å². The van der Waals surface area contributed by atoms with Gasteiger partial charge in [-0.1, -0.05) is 23.5 Å². The van der Waals surface area contributed by atoms with Gasteiger partial charge in [0.2, 0.25) is 0 Å². The third kappa shape index (κ3) is 6.26. The molecule has 0 unspecified atom stereocenters. The maximum absolute atomic E-state index is 10.3. The van der Waals surface area contributed by atoms with Crippen molar-refractivity contribution in [1.82, 2.24) is 10.6 Å². The van der Waals surface area contributed by atoms with Gasteiger partial charge in [-0.2, -0.15) is 0 Å². The minimum Gasteiger partial charge on any atom is -0.548 e. The van der Waals surface area contributed by atoms with E-state index in [4.69, 9.17) is 0 Å². The molecule has 0 aromatic heterocycles. The summed E-state index contributed by atoms with van der Waals surface area (Å²) in [7, 11) is 0. The Morgan fingerprint density at radius 3 is 1.37 bits per heavy atom. The molecule has 0 saturated carbocycles. The summed E-state index contributed by atoms with van der Waals surface area (Å²) < 4.78 is 0. The summed E-state index contributed by atoms with van der Waals surface area (Å²) in [4.78, 5) is 40.7. The van der Waals surface area contributed by atoms with E-state index >= 15 is 0 Å². The van der Waals surface area contributed by atoms with Crippen LogP contribution in [0.25, 0.3) is 0 Å². The zero-order valence-electron chi connectivity index (χ0n) is 9.54. The first-order valence-corrected chi connectivity index (χ1v) is 6.65. The maximum atomic E-state index is 10.3. The van der Waals surface area contributed by atoms with Gasteiger partial charge in [-0.05, 0) is 0 Å². The van der Waals surface area contributed by atoms with E-state index in [9.17, 15) is 29.4 Å². The molecule has 2 fully saturated rings. The number of hydrogen-bond acceptors (Lipinski definition) is 8. The fourth-order valence-electron chi connectivity index (χ4n) is 1.02. The molecule has 2 aliphatic rings. The van der Waals surface area contributed by atoms with E-state index in [0.29, 0.717) is 0 Å². The van der Waals surface area contributed by atoms with Crippen molar-refractivity contribution in [2.45, 2.75) is 12.1 Å². The number of amides is 2. The van der Waals surface area contributed by atoms with E-state index in [1.165, 1.54) is 0 Å². The molecule has 11 heteroatoms. The molecule has 0 radical (unpaired) electrons. The minimum atomic E-state index is -1.21. The van der Waals surface area contributed by atoms with Gasteiger partial charge in [0.25, 0.3) is 10.5 Å². The van der Waals surface area contributed by atoms with Crippen molar-refractivity contribution >= 4 is 45.9 Å². The summed E-state index contributed by atoms with van der Waals surface area (Å²) in [6.07, 6.45) is 0. The van der Waals surface area contributed by atoms with Crippen LogP contribution in [0, 0.1) is 0 Å². The Kier molecular flexibility index (Phi) is 8.04. The largest absolute Gasteiger partial charge is 2.00 e. The average molecular weight is 358 g/mol. The van der Waals surface area contributed by atoms with Crippen molar-refractivity contribution in [1.29, 1.82) is 0 Å². The fraction of sp³-hybridized carbons (Fsp3) is 0.500. The van der Waals surface area contributed by atoms with Gasteiger partial charge in [-0.25, -0.2) is 0 Å². The second kappa shape index (κ2) is 8.39. The van der Waals surface area contributed by atoms with Crippen LogP contribution < -0.4 is 20.8 Å². The van der Waals surface area contributed by atoms with E-state index in [2.05, 4.69) is 10.6 Å². The Morgan fingerprint density at radius 1 is 0.947 bits per heavy atom. The van der Waals surface area contributed by atoms with Crippen LogP contribution in [0.3, 0.4) is 0 Å². The van der Waals surface area contributed by atoms with Gasteiger partial charge < -0.3 is 30.4 Å². The number of carboxylic acids is 2. The smallest absolute Gasteiger partial charge is 0.548 e. The number of aliphatic carboxylic acids is 2. The zero-order valence-corrected chi connectivity index (χ0v) is 14.1. The normalized spacial score (nSPS) is 24.4. The number of carboxylic acid groups (broad SMARTS) is 2. The molecule has 0 spiro atoms. The van der Waals surface area contributed by atoms with Gasteiger partial charge in [0.15, 0.2) is 0 Å². The molecule has 2 aliphatic heterocycles. The topological polar surface area (TPSA) is 138 Å². The summed E-state index contributed by atoms with van der Waals surface area (Å²) in [5.74, 6) is -1.87. The van der Waals surface area contributed by atoms with Gasteiger partial charge in [-0.3, -0.25) is 9.59 Å². The molecule has 2 N–H and O–H groups in total. The Balaban J connectivity index is 0.000000324. The first kappa shape index (κ1) is 18.2. The fourth-order valence-corrected chi connectivity index (χ4v) is 2.55. The van der Waals surface area contributed by atoms with Crippen LogP contribution in [0.2, 0.25) is 0 Å². The van der Waals surface area contributed by atoms with Crippen molar-refractivity contribution < 1.29 is 48.9 Å². The first-order chi connectivity index (χ1) is 8.40. The molecular formula is C8H8N2O6S2Zn. The molecule has 19 heavy (non-hydrogen) atoms. The predicted molar refractivity (Wildman–Crippen MR) is 59.6 cm³/mol. The van der Waals surface area contributed by atoms with E-state index < -0.39 is 24.0 Å². The summed E-state index contributed by atoms with van der Waals surface area (Å²) in [6.45, 7) is 0. The summed E-state index contributed by atoms with van der Waals surface area (Å²) in [5.41, 5.74) is 0. The third-order valence-electron chi connectivity index (χ3n) is 1.92. The molecule has 0 aromatic rings. The molecule has 2 heterocycles. The second-order valence-electron chi connectivity index (χ2n) is 3.23. The molecule has 0 aliphatic carbocycles. The van der Waals surface area contributed by atoms with Crippen LogP contribution in [0.5, 0.6) is 0 Å². The van der Waals surface area contributed by atoms with Crippen LogP contribution in [-0.4, -0.2) is 46.0 Å². The molecule has 8 nitrogen and oxygen atoms in total. The molecule has 0 aromatic carbocycles. The summed E-state index contributed by atoms with van der Waals surface area (Å²) in [6, 6.07) is -1.58. The van der Waals surface area contributed by atoms with Crippen molar-refractivity contribution in [3.05, 3.63) is 0 Å². The van der Waals surface area contributed by atoms with E-state index in [-0.39, 0.29) is 41.5 Å². The molecule has 2 atom stereocenters. The predicted octanol–water partition coefficient (Wildman–Crippen LogP) is -2.88. The quantitative estimate of drug-likeness (QED) is 0.502. The van der Waals surface area contributed by atoms with Crippen LogP contribution in [0.1, 0.15) is 0 Å². The van der Waals surface area contributed by atoms with Crippen molar-refractivity contribution in [3.8, 4) is 0 Å². The number of hydrogen-bond donors (Lipinski definition) is 2. The Bertz CT molecular complexity index is 357. The molecule has 2 amide bonds. The number of carbonyl (C=O) groups is 4. The van der Waals surface area contributed by atoms with E-state index in [1.807, 2.05) is 0 Å². The minimum absolute atomic E-state index is 0. The molecule has 2 rings (SSSR count). The van der Waals surface area contributed by atoms with Gasteiger partial charge in [0, 0.05) is 11.5 Å². The van der Waals surface area contributed by atoms with Gasteiger partial charge in [0.05, 0.1) is 24.0 Å². The standard InChI is InChI=1S/2C4H5NO3S.Zn/c2*6-3(7)2-1-9-4(8)5-2;/h2*2H,1H2,(H,5,8)(H,6,7);/q;;+2/p-2/t2*2-;/m00./s1. The van der Waals surface area contributed by atoms with Crippen LogP contribution in [-0.2, 0) is 29.1 Å². The number of nitrogens with one attached hydrogen (secondary N) is 2. The number of rotatable bonds is 2. The van der Waals surface area contributed by atoms with E-state index in [1.54, 1.807) is 0 Å². The van der Waals surface area contributed by atoms with Crippen molar-refractivity contribution in [2.24, 2.45) is 0 Å². The molecule has 100 valence electrons. The van der Waals surface area contributed by atoms with Crippen LogP contribution >= 0.6 is 23.5 Å². The zero-order chi connectivity index (χ0) is 13.7. The number of carbonyl (C=O) groups excluding carboxylic acids is 4. The third-order valence-corrected chi connectivity index (χ3v) is 3.68. The number of thioether (sulfide) groups is 2. The molecule has 0 bridgehead atoms. The van der Waals surface area contributed by atoms with E-state index in [0.717, 1.165) is 23.5 Å². The SMILES string of the molecule is O=C1N[C@H](C(=O)[O-])CS1.O=C1N[C@H](C(=O)[O-])CS1.[Zn+2].